The van der Waals surface area contributed by atoms with Crippen LogP contribution in [0.3, 0.4) is 0 Å². The Morgan fingerprint density at radius 3 is 3.00 bits per heavy atom. The van der Waals surface area contributed by atoms with Gasteiger partial charge in [-0.2, -0.15) is 4.39 Å². The zero-order valence-electron chi connectivity index (χ0n) is 8.61. The van der Waals surface area contributed by atoms with Crippen molar-refractivity contribution in [3.8, 4) is 0 Å². The van der Waals surface area contributed by atoms with Gasteiger partial charge in [-0.05, 0) is 34.1 Å². The third-order valence-corrected chi connectivity index (χ3v) is 3.69. The largest absolute Gasteiger partial charge is 0.346 e. The molecule has 88 valence electrons. The molecule has 0 spiro atoms. The molecule has 1 N–H and O–H groups in total. The van der Waals surface area contributed by atoms with E-state index in [1.54, 1.807) is 0 Å². The van der Waals surface area contributed by atoms with Gasteiger partial charge in [-0.3, -0.25) is 4.79 Å². The number of pyridine rings is 1. The van der Waals surface area contributed by atoms with Gasteiger partial charge >= 0.3 is 0 Å². The summed E-state index contributed by atoms with van der Waals surface area (Å²) in [6.45, 7) is 0.410. The number of carbonyl (C=O) groups is 1. The number of aromatic nitrogens is 1. The van der Waals surface area contributed by atoms with Gasteiger partial charge in [-0.1, -0.05) is 6.07 Å². The number of amides is 1. The molecule has 0 aromatic carbocycles. The van der Waals surface area contributed by atoms with Crippen molar-refractivity contribution in [3.05, 3.63) is 50.6 Å². The van der Waals surface area contributed by atoms with Gasteiger partial charge in [0.05, 0.1) is 6.54 Å². The van der Waals surface area contributed by atoms with E-state index in [1.165, 1.54) is 29.5 Å². The molecule has 0 bridgehead atoms. The number of nitrogens with one attached hydrogen (secondary N) is 1. The third kappa shape index (κ3) is 3.34. The molecule has 2 aromatic rings. The summed E-state index contributed by atoms with van der Waals surface area (Å²) in [5.74, 6) is -1.04. The fourth-order valence-electron chi connectivity index (χ4n) is 1.24. The molecule has 6 heteroatoms. The van der Waals surface area contributed by atoms with Crippen molar-refractivity contribution in [1.29, 1.82) is 0 Å². The van der Waals surface area contributed by atoms with E-state index >= 15 is 0 Å². The first-order chi connectivity index (χ1) is 8.15. The molecule has 0 fully saturated rings. The highest BCUT2D eigenvalue weighted by Crippen LogP contribution is 2.19. The minimum absolute atomic E-state index is 0.0839. The van der Waals surface area contributed by atoms with Crippen LogP contribution < -0.4 is 5.32 Å². The van der Waals surface area contributed by atoms with Crippen LogP contribution in [0.1, 0.15) is 15.4 Å². The van der Waals surface area contributed by atoms with Crippen molar-refractivity contribution >= 4 is 33.2 Å². The van der Waals surface area contributed by atoms with E-state index in [4.69, 9.17) is 0 Å². The number of nitrogens with zero attached hydrogens (tertiary/aromatic N) is 1. The van der Waals surface area contributed by atoms with Gasteiger partial charge in [-0.25, -0.2) is 4.98 Å². The second-order valence-electron chi connectivity index (χ2n) is 3.26. The zero-order chi connectivity index (χ0) is 12.3. The Kier molecular flexibility index (Phi) is 3.86. The van der Waals surface area contributed by atoms with E-state index < -0.39 is 5.95 Å². The predicted molar refractivity (Wildman–Crippen MR) is 67.4 cm³/mol. The lowest BCUT2D eigenvalue weighted by Crippen LogP contribution is -2.23. The van der Waals surface area contributed by atoms with E-state index in [9.17, 15) is 9.18 Å². The van der Waals surface area contributed by atoms with E-state index in [2.05, 4.69) is 26.2 Å². The van der Waals surface area contributed by atoms with Crippen LogP contribution in [-0.2, 0) is 6.54 Å². The number of carbonyl (C=O) groups excluding carboxylic acids is 1. The Balaban J connectivity index is 1.98. The topological polar surface area (TPSA) is 42.0 Å². The number of rotatable bonds is 3. The second kappa shape index (κ2) is 5.37. The average molecular weight is 315 g/mol. The highest BCUT2D eigenvalue weighted by Gasteiger charge is 2.08. The maximum atomic E-state index is 12.8. The highest BCUT2D eigenvalue weighted by molar-refractivity contribution is 9.10. The van der Waals surface area contributed by atoms with Gasteiger partial charge < -0.3 is 5.32 Å². The summed E-state index contributed by atoms with van der Waals surface area (Å²) in [5, 5.41) is 4.61. The van der Waals surface area contributed by atoms with Gasteiger partial charge in [0.1, 0.15) is 5.69 Å². The molecule has 2 heterocycles. The molecular formula is C11H8BrFN2OS. The standard InChI is InChI=1S/C11H8BrFN2OS/c12-7-4-8(17-6-7)5-14-11(16)9-2-1-3-10(13)15-9/h1-4,6H,5H2,(H,14,16). The van der Waals surface area contributed by atoms with Gasteiger partial charge in [-0.15, -0.1) is 11.3 Å². The van der Waals surface area contributed by atoms with Crippen LogP contribution in [-0.4, -0.2) is 10.9 Å². The van der Waals surface area contributed by atoms with Crippen LogP contribution in [0.2, 0.25) is 0 Å². The van der Waals surface area contributed by atoms with E-state index in [0.29, 0.717) is 6.54 Å². The monoisotopic (exact) mass is 314 g/mol. The SMILES string of the molecule is O=C(NCc1cc(Br)cs1)c1cccc(F)n1. The average Bonchev–Trinajstić information content (AvgIpc) is 2.72. The van der Waals surface area contributed by atoms with Gasteiger partial charge in [0.2, 0.25) is 5.95 Å². The molecule has 0 atom stereocenters. The highest BCUT2D eigenvalue weighted by atomic mass is 79.9. The molecule has 2 aromatic heterocycles. The van der Waals surface area contributed by atoms with Crippen LogP contribution in [0, 0.1) is 5.95 Å². The molecule has 0 saturated carbocycles. The summed E-state index contributed by atoms with van der Waals surface area (Å²) in [7, 11) is 0. The molecule has 2 rings (SSSR count). The van der Waals surface area contributed by atoms with Gasteiger partial charge in [0, 0.05) is 14.7 Å². The fraction of sp³-hybridized carbons (Fsp3) is 0.0909. The summed E-state index contributed by atoms with van der Waals surface area (Å²) >= 11 is 4.86. The summed E-state index contributed by atoms with van der Waals surface area (Å²) in [6, 6.07) is 6.05. The quantitative estimate of drug-likeness (QED) is 0.885. The molecular weight excluding hydrogens is 307 g/mol. The van der Waals surface area contributed by atoms with Crippen molar-refractivity contribution in [3.63, 3.8) is 0 Å². The molecule has 0 radical (unpaired) electrons. The first-order valence-corrected chi connectivity index (χ1v) is 6.46. The molecule has 0 aliphatic carbocycles. The maximum absolute atomic E-state index is 12.8. The molecule has 0 aliphatic heterocycles. The second-order valence-corrected chi connectivity index (χ2v) is 5.17. The normalized spacial score (nSPS) is 10.2. The molecule has 3 nitrogen and oxygen atoms in total. The summed E-state index contributed by atoms with van der Waals surface area (Å²) < 4.78 is 13.8. The van der Waals surface area contributed by atoms with Crippen molar-refractivity contribution < 1.29 is 9.18 Å². The van der Waals surface area contributed by atoms with Crippen molar-refractivity contribution in [2.75, 3.05) is 0 Å². The minimum Gasteiger partial charge on any atom is -0.346 e. The number of thiophene rings is 1. The molecule has 17 heavy (non-hydrogen) atoms. The number of halogens is 2. The lowest BCUT2D eigenvalue weighted by molar-refractivity contribution is 0.0945. The molecule has 0 saturated heterocycles. The summed E-state index contributed by atoms with van der Waals surface area (Å²) in [4.78, 5) is 16.2. The summed E-state index contributed by atoms with van der Waals surface area (Å²) in [6.07, 6.45) is 0. The fourth-order valence-corrected chi connectivity index (χ4v) is 2.63. The van der Waals surface area contributed by atoms with Crippen LogP contribution in [0.15, 0.2) is 34.1 Å². The Morgan fingerprint density at radius 1 is 1.53 bits per heavy atom. The lowest BCUT2D eigenvalue weighted by Gasteiger charge is -2.02. The van der Waals surface area contributed by atoms with Crippen LogP contribution in [0.4, 0.5) is 4.39 Å². The summed E-state index contributed by atoms with van der Waals surface area (Å²) in [5.41, 5.74) is 0.0839. The van der Waals surface area contributed by atoms with Crippen molar-refractivity contribution in [2.45, 2.75) is 6.54 Å². The number of hydrogen-bond donors (Lipinski definition) is 1. The van der Waals surface area contributed by atoms with Crippen LogP contribution >= 0.6 is 27.3 Å². The smallest absolute Gasteiger partial charge is 0.270 e. The van der Waals surface area contributed by atoms with Crippen molar-refractivity contribution in [1.82, 2.24) is 10.3 Å². The van der Waals surface area contributed by atoms with Crippen molar-refractivity contribution in [2.24, 2.45) is 0 Å². The first kappa shape index (κ1) is 12.2. The first-order valence-electron chi connectivity index (χ1n) is 4.79. The Bertz CT molecular complexity index is 544. The Labute approximate surface area is 110 Å². The van der Waals surface area contributed by atoms with Crippen LogP contribution in [0.25, 0.3) is 0 Å². The van der Waals surface area contributed by atoms with E-state index in [1.807, 2.05) is 11.4 Å². The van der Waals surface area contributed by atoms with E-state index in [-0.39, 0.29) is 11.6 Å². The Morgan fingerprint density at radius 2 is 2.35 bits per heavy atom. The minimum atomic E-state index is -0.656. The van der Waals surface area contributed by atoms with E-state index in [0.717, 1.165) is 9.35 Å². The zero-order valence-corrected chi connectivity index (χ0v) is 11.0. The number of hydrogen-bond acceptors (Lipinski definition) is 3. The van der Waals surface area contributed by atoms with Crippen LogP contribution in [0.5, 0.6) is 0 Å². The van der Waals surface area contributed by atoms with Gasteiger partial charge in [0.15, 0.2) is 0 Å². The predicted octanol–water partition coefficient (Wildman–Crippen LogP) is 2.97. The third-order valence-electron chi connectivity index (χ3n) is 1.99. The molecule has 1 amide bonds. The van der Waals surface area contributed by atoms with Gasteiger partial charge in [0.25, 0.3) is 5.91 Å². The Hall–Kier alpha value is -1.27. The maximum Gasteiger partial charge on any atom is 0.270 e. The molecule has 0 unspecified atom stereocenters. The lowest BCUT2D eigenvalue weighted by atomic mass is 10.3. The molecule has 0 aliphatic rings.